The van der Waals surface area contributed by atoms with Crippen molar-refractivity contribution in [2.45, 2.75) is 111 Å². The van der Waals surface area contributed by atoms with Crippen LogP contribution in [0.2, 0.25) is 0 Å². The number of amides is 1. The number of ketones is 1. The van der Waals surface area contributed by atoms with Crippen LogP contribution >= 0.6 is 0 Å². The Bertz CT molecular complexity index is 368. The van der Waals surface area contributed by atoms with Gasteiger partial charge in [0.05, 0.1) is 0 Å². The van der Waals surface area contributed by atoms with Crippen molar-refractivity contribution in [2.75, 3.05) is 7.05 Å². The van der Waals surface area contributed by atoms with E-state index in [1.807, 2.05) is 34.7 Å². The normalized spacial score (nSPS) is 27.9. The Hall–Kier alpha value is -0.900. The van der Waals surface area contributed by atoms with E-state index >= 15 is 0 Å². The average Bonchev–Trinajstić information content (AvgIpc) is 2.67. The Morgan fingerprint density at radius 2 is 1.15 bits per heavy atom. The monoisotopic (exact) mass is 368 g/mol. The Labute approximate surface area is 162 Å². The molecule has 0 aromatic carbocycles. The van der Waals surface area contributed by atoms with Crippen LogP contribution in [0, 0.1) is 11.8 Å². The first-order chi connectivity index (χ1) is 12.6. The molecule has 2 fully saturated rings. The van der Waals surface area contributed by atoms with Gasteiger partial charge in [-0.3, -0.25) is 4.79 Å². The number of carbonyl (C=O) groups excluding carboxylic acids is 2. The third kappa shape index (κ3) is 10.3. The van der Waals surface area contributed by atoms with Gasteiger partial charge in [-0.25, -0.2) is 0 Å². The zero-order chi connectivity index (χ0) is 19.9. The van der Waals surface area contributed by atoms with E-state index in [4.69, 9.17) is 0 Å². The molecule has 0 radical (unpaired) electrons. The zero-order valence-electron chi connectivity index (χ0n) is 18.2. The van der Waals surface area contributed by atoms with Crippen molar-refractivity contribution in [3.63, 3.8) is 0 Å². The molecule has 0 spiro atoms. The molecule has 0 atom stereocenters. The van der Waals surface area contributed by atoms with Gasteiger partial charge in [-0.15, -0.1) is 0 Å². The number of Topliss-reactive ketones (excluding diaryl/α,β-unsaturated/α-hetero) is 1. The minimum Gasteiger partial charge on any atom is -0.353 e. The van der Waals surface area contributed by atoms with E-state index in [2.05, 4.69) is 10.6 Å². The maximum atomic E-state index is 12.2. The van der Waals surface area contributed by atoms with Crippen molar-refractivity contribution < 1.29 is 9.59 Å². The first-order valence-electron chi connectivity index (χ1n) is 11.0. The van der Waals surface area contributed by atoms with Crippen molar-refractivity contribution in [1.29, 1.82) is 0 Å². The van der Waals surface area contributed by atoms with Gasteiger partial charge in [0.2, 0.25) is 5.91 Å². The lowest BCUT2D eigenvalue weighted by Gasteiger charge is -2.30. The molecule has 154 valence electrons. The van der Waals surface area contributed by atoms with E-state index in [1.54, 1.807) is 6.92 Å². The molecule has 2 saturated carbocycles. The molecule has 2 aliphatic rings. The minimum atomic E-state index is 0.239. The maximum Gasteiger partial charge on any atom is 0.220 e. The van der Waals surface area contributed by atoms with Gasteiger partial charge < -0.3 is 15.4 Å². The summed E-state index contributed by atoms with van der Waals surface area (Å²) in [5.41, 5.74) is 0. The Kier molecular flexibility index (Phi) is 14.7. The van der Waals surface area contributed by atoms with Crippen LogP contribution in [-0.4, -0.2) is 30.8 Å². The van der Waals surface area contributed by atoms with Gasteiger partial charge in [0, 0.05) is 24.9 Å². The van der Waals surface area contributed by atoms with Crippen LogP contribution in [0.4, 0.5) is 0 Å². The van der Waals surface area contributed by atoms with Crippen molar-refractivity contribution in [3.05, 3.63) is 0 Å². The van der Waals surface area contributed by atoms with Crippen LogP contribution in [-0.2, 0) is 9.59 Å². The van der Waals surface area contributed by atoms with E-state index in [0.29, 0.717) is 36.1 Å². The van der Waals surface area contributed by atoms with Crippen LogP contribution < -0.4 is 10.6 Å². The Morgan fingerprint density at radius 1 is 0.731 bits per heavy atom. The molecule has 4 nitrogen and oxygen atoms in total. The molecule has 0 aliphatic heterocycles. The number of rotatable bonds is 6. The lowest BCUT2D eigenvalue weighted by atomic mass is 9.82. The summed E-state index contributed by atoms with van der Waals surface area (Å²) < 4.78 is 0. The first kappa shape index (κ1) is 25.1. The van der Waals surface area contributed by atoms with Crippen molar-refractivity contribution >= 4 is 11.7 Å². The molecule has 1 amide bonds. The summed E-state index contributed by atoms with van der Waals surface area (Å²) in [5.74, 6) is 1.65. The predicted octanol–water partition coefficient (Wildman–Crippen LogP) is 4.86. The lowest BCUT2D eigenvalue weighted by Crippen LogP contribution is -2.39. The zero-order valence-corrected chi connectivity index (χ0v) is 18.2. The van der Waals surface area contributed by atoms with Crippen LogP contribution in [0.5, 0.6) is 0 Å². The molecule has 2 N–H and O–H groups in total. The summed E-state index contributed by atoms with van der Waals surface area (Å²) in [7, 11) is 2.03. The van der Waals surface area contributed by atoms with Gasteiger partial charge in [0.15, 0.2) is 0 Å². The van der Waals surface area contributed by atoms with Gasteiger partial charge in [-0.05, 0) is 77.2 Å². The fourth-order valence-corrected chi connectivity index (χ4v) is 4.12. The molecule has 2 rings (SSSR count). The number of hydrogen-bond donors (Lipinski definition) is 2. The lowest BCUT2D eigenvalue weighted by molar-refractivity contribution is -0.123. The van der Waals surface area contributed by atoms with Crippen molar-refractivity contribution in [2.24, 2.45) is 11.8 Å². The van der Waals surface area contributed by atoms with E-state index in [9.17, 15) is 9.59 Å². The summed E-state index contributed by atoms with van der Waals surface area (Å²) >= 11 is 0. The van der Waals surface area contributed by atoms with Gasteiger partial charge in [0.25, 0.3) is 0 Å². The Morgan fingerprint density at radius 3 is 1.58 bits per heavy atom. The highest BCUT2D eigenvalue weighted by Gasteiger charge is 2.25. The highest BCUT2D eigenvalue weighted by atomic mass is 16.1. The van der Waals surface area contributed by atoms with E-state index in [1.165, 1.54) is 25.7 Å². The summed E-state index contributed by atoms with van der Waals surface area (Å²) in [6.07, 6.45) is 10.4. The van der Waals surface area contributed by atoms with Crippen molar-refractivity contribution in [3.8, 4) is 0 Å². The van der Waals surface area contributed by atoms with Crippen LogP contribution in [0.3, 0.4) is 0 Å². The fraction of sp³-hybridized carbons (Fsp3) is 0.909. The standard InChI is InChI=1S/C18H32N2O2.2C2H6/c1-13(21)11-14-5-9-17(10-6-14)20-18(22)12-15-3-7-16(19-2)8-4-15;2*1-2/h14-17,19H,3-12H2,1-2H3,(H,20,22);2*1-2H3. The first-order valence-corrected chi connectivity index (χ1v) is 11.0. The van der Waals surface area contributed by atoms with Crippen LogP contribution in [0.1, 0.15) is 98.8 Å². The summed E-state index contributed by atoms with van der Waals surface area (Å²) in [6.45, 7) is 9.68. The molecule has 0 aromatic rings. The van der Waals surface area contributed by atoms with E-state index < -0.39 is 0 Å². The molecule has 0 unspecified atom stereocenters. The van der Waals surface area contributed by atoms with Gasteiger partial charge in [-0.2, -0.15) is 0 Å². The van der Waals surface area contributed by atoms with E-state index in [0.717, 1.165) is 32.1 Å². The molecule has 2 aliphatic carbocycles. The quantitative estimate of drug-likeness (QED) is 0.704. The van der Waals surface area contributed by atoms with Gasteiger partial charge in [0.1, 0.15) is 5.78 Å². The third-order valence-electron chi connectivity index (χ3n) is 5.52. The number of nitrogens with one attached hydrogen (secondary N) is 2. The molecular formula is C22H44N2O2. The fourth-order valence-electron chi connectivity index (χ4n) is 4.12. The molecule has 0 aromatic heterocycles. The summed E-state index contributed by atoms with van der Waals surface area (Å²) in [5, 5.41) is 6.56. The van der Waals surface area contributed by atoms with Crippen LogP contribution in [0.25, 0.3) is 0 Å². The van der Waals surface area contributed by atoms with E-state index in [-0.39, 0.29) is 5.91 Å². The predicted molar refractivity (Wildman–Crippen MR) is 111 cm³/mol. The highest BCUT2D eigenvalue weighted by Crippen LogP contribution is 2.29. The van der Waals surface area contributed by atoms with Crippen LogP contribution in [0.15, 0.2) is 0 Å². The SMILES string of the molecule is CC.CC.CNC1CCC(CC(=O)NC2CCC(CC(C)=O)CC2)CC1. The molecular weight excluding hydrogens is 324 g/mol. The summed E-state index contributed by atoms with van der Waals surface area (Å²) in [6, 6.07) is 0.986. The van der Waals surface area contributed by atoms with Crippen molar-refractivity contribution in [1.82, 2.24) is 10.6 Å². The molecule has 0 heterocycles. The number of carbonyl (C=O) groups is 2. The topological polar surface area (TPSA) is 58.2 Å². The second-order valence-electron chi connectivity index (χ2n) is 7.40. The maximum absolute atomic E-state index is 12.2. The molecule has 4 heteroatoms. The number of hydrogen-bond acceptors (Lipinski definition) is 3. The Balaban J connectivity index is 0.00000146. The van der Waals surface area contributed by atoms with Gasteiger partial charge >= 0.3 is 0 Å². The third-order valence-corrected chi connectivity index (χ3v) is 5.52. The average molecular weight is 369 g/mol. The minimum absolute atomic E-state index is 0.239. The highest BCUT2D eigenvalue weighted by molar-refractivity contribution is 5.76. The van der Waals surface area contributed by atoms with Gasteiger partial charge in [-0.1, -0.05) is 27.7 Å². The second kappa shape index (κ2) is 15.2. The molecule has 0 bridgehead atoms. The molecule has 26 heavy (non-hydrogen) atoms. The smallest absolute Gasteiger partial charge is 0.220 e. The molecule has 0 saturated heterocycles. The second-order valence-corrected chi connectivity index (χ2v) is 7.40. The summed E-state index contributed by atoms with van der Waals surface area (Å²) in [4.78, 5) is 23.4. The largest absolute Gasteiger partial charge is 0.353 e.